The van der Waals surface area contributed by atoms with Crippen molar-refractivity contribution in [1.29, 1.82) is 0 Å². The van der Waals surface area contributed by atoms with Crippen LogP contribution in [0.4, 0.5) is 0 Å². The molecule has 0 atom stereocenters. The Morgan fingerprint density at radius 3 is 2.67 bits per heavy atom. The molecule has 0 aliphatic carbocycles. The molecule has 1 amide bonds. The first-order valence-electron chi connectivity index (χ1n) is 5.71. The lowest BCUT2D eigenvalue weighted by Crippen LogP contribution is -2.29. The van der Waals surface area contributed by atoms with Gasteiger partial charge in [0.15, 0.2) is 0 Å². The second-order valence-electron chi connectivity index (χ2n) is 4.52. The van der Waals surface area contributed by atoms with E-state index in [2.05, 4.69) is 15.3 Å². The smallest absolute Gasteiger partial charge is 0.261 e. The van der Waals surface area contributed by atoms with Gasteiger partial charge in [-0.25, -0.2) is 4.98 Å². The Morgan fingerprint density at radius 1 is 1.39 bits per heavy atom. The molecule has 18 heavy (non-hydrogen) atoms. The molecular formula is C12H15N3O2S. The van der Waals surface area contributed by atoms with Crippen molar-refractivity contribution in [3.63, 3.8) is 0 Å². The Kier molecular flexibility index (Phi) is 3.21. The van der Waals surface area contributed by atoms with Gasteiger partial charge >= 0.3 is 0 Å². The van der Waals surface area contributed by atoms with Crippen LogP contribution in [0.25, 0.3) is 10.2 Å². The molecule has 0 saturated carbocycles. The topological polar surface area (TPSA) is 74.8 Å². The van der Waals surface area contributed by atoms with Gasteiger partial charge in [-0.3, -0.25) is 9.59 Å². The van der Waals surface area contributed by atoms with Gasteiger partial charge in [-0.1, -0.05) is 0 Å². The number of amides is 1. The molecule has 96 valence electrons. The maximum absolute atomic E-state index is 12.0. The van der Waals surface area contributed by atoms with Crippen LogP contribution in [0.3, 0.4) is 0 Å². The third-order valence-electron chi connectivity index (χ3n) is 2.54. The zero-order chi connectivity index (χ0) is 13.4. The SMILES string of the molecule is Cc1nc2sc(C(=O)NC(C)C)c(C)c2c(=O)[nH]1. The number of aryl methyl sites for hydroxylation is 2. The predicted octanol–water partition coefficient (Wildman–Crippen LogP) is 1.74. The second kappa shape index (κ2) is 4.53. The van der Waals surface area contributed by atoms with E-state index in [0.29, 0.717) is 26.5 Å². The number of thiophene rings is 1. The van der Waals surface area contributed by atoms with E-state index in [1.807, 2.05) is 13.8 Å². The monoisotopic (exact) mass is 265 g/mol. The van der Waals surface area contributed by atoms with Crippen LogP contribution in [-0.2, 0) is 0 Å². The standard InChI is InChI=1S/C12H15N3O2S/c1-5(2)13-11(17)9-6(3)8-10(16)14-7(4)15-12(8)18-9/h5H,1-4H3,(H,13,17)(H,14,15,16). The van der Waals surface area contributed by atoms with Crippen LogP contribution in [0.2, 0.25) is 0 Å². The van der Waals surface area contributed by atoms with E-state index < -0.39 is 0 Å². The second-order valence-corrected chi connectivity index (χ2v) is 5.51. The summed E-state index contributed by atoms with van der Waals surface area (Å²) in [5.74, 6) is 0.409. The molecule has 0 unspecified atom stereocenters. The Balaban J connectivity index is 2.61. The summed E-state index contributed by atoms with van der Waals surface area (Å²) in [7, 11) is 0. The summed E-state index contributed by atoms with van der Waals surface area (Å²) in [6.07, 6.45) is 0. The van der Waals surface area contributed by atoms with Crippen molar-refractivity contribution in [2.75, 3.05) is 0 Å². The number of aromatic amines is 1. The normalized spacial score (nSPS) is 11.2. The highest BCUT2D eigenvalue weighted by atomic mass is 32.1. The number of hydrogen-bond acceptors (Lipinski definition) is 4. The quantitative estimate of drug-likeness (QED) is 0.868. The summed E-state index contributed by atoms with van der Waals surface area (Å²) in [6, 6.07) is 0.0649. The number of carbonyl (C=O) groups is 1. The van der Waals surface area contributed by atoms with Crippen molar-refractivity contribution in [1.82, 2.24) is 15.3 Å². The van der Waals surface area contributed by atoms with Crippen molar-refractivity contribution in [2.45, 2.75) is 33.7 Å². The number of aromatic nitrogens is 2. The van der Waals surface area contributed by atoms with Crippen molar-refractivity contribution in [3.8, 4) is 0 Å². The highest BCUT2D eigenvalue weighted by Crippen LogP contribution is 2.26. The van der Waals surface area contributed by atoms with Gasteiger partial charge in [0.1, 0.15) is 10.7 Å². The van der Waals surface area contributed by atoms with Crippen LogP contribution in [0, 0.1) is 13.8 Å². The van der Waals surface area contributed by atoms with E-state index >= 15 is 0 Å². The van der Waals surface area contributed by atoms with Gasteiger partial charge in [-0.05, 0) is 33.3 Å². The van der Waals surface area contributed by atoms with E-state index in [1.165, 1.54) is 11.3 Å². The van der Waals surface area contributed by atoms with Crippen LogP contribution in [0.15, 0.2) is 4.79 Å². The Labute approximate surface area is 108 Å². The van der Waals surface area contributed by atoms with E-state index in [-0.39, 0.29) is 17.5 Å². The Hall–Kier alpha value is -1.69. The van der Waals surface area contributed by atoms with Crippen molar-refractivity contribution < 1.29 is 4.79 Å². The maximum atomic E-state index is 12.0. The fourth-order valence-corrected chi connectivity index (χ4v) is 2.93. The summed E-state index contributed by atoms with van der Waals surface area (Å²) in [4.78, 5) is 31.9. The lowest BCUT2D eigenvalue weighted by Gasteiger charge is -2.06. The number of rotatable bonds is 2. The molecule has 0 aliphatic rings. The summed E-state index contributed by atoms with van der Waals surface area (Å²) >= 11 is 1.26. The molecule has 0 radical (unpaired) electrons. The number of fused-ring (bicyclic) bond motifs is 1. The van der Waals surface area contributed by atoms with E-state index in [1.54, 1.807) is 13.8 Å². The van der Waals surface area contributed by atoms with Crippen LogP contribution >= 0.6 is 11.3 Å². The molecule has 0 saturated heterocycles. The summed E-state index contributed by atoms with van der Waals surface area (Å²) < 4.78 is 0. The number of carbonyl (C=O) groups excluding carboxylic acids is 1. The van der Waals surface area contributed by atoms with Gasteiger partial charge in [0.2, 0.25) is 0 Å². The average Bonchev–Trinajstić information content (AvgIpc) is 2.54. The zero-order valence-electron chi connectivity index (χ0n) is 10.7. The molecule has 2 aromatic heterocycles. The third-order valence-corrected chi connectivity index (χ3v) is 3.73. The number of H-pyrrole nitrogens is 1. The molecule has 2 rings (SSSR count). The molecule has 2 heterocycles. The molecule has 0 bridgehead atoms. The summed E-state index contributed by atoms with van der Waals surface area (Å²) in [5, 5.41) is 3.34. The van der Waals surface area contributed by atoms with Crippen molar-refractivity contribution >= 4 is 27.5 Å². The minimum atomic E-state index is -0.185. The molecule has 2 aromatic rings. The van der Waals surface area contributed by atoms with E-state index in [4.69, 9.17) is 0 Å². The predicted molar refractivity (Wildman–Crippen MR) is 72.3 cm³/mol. The van der Waals surface area contributed by atoms with Gasteiger partial charge in [-0.15, -0.1) is 11.3 Å². The molecule has 0 fully saturated rings. The molecule has 0 spiro atoms. The third kappa shape index (κ3) is 2.15. The highest BCUT2D eigenvalue weighted by molar-refractivity contribution is 7.20. The molecular weight excluding hydrogens is 250 g/mol. The van der Waals surface area contributed by atoms with Gasteiger partial charge in [0.25, 0.3) is 11.5 Å². The van der Waals surface area contributed by atoms with E-state index in [0.717, 1.165) is 0 Å². The molecule has 0 aliphatic heterocycles. The first-order valence-corrected chi connectivity index (χ1v) is 6.52. The lowest BCUT2D eigenvalue weighted by atomic mass is 10.2. The van der Waals surface area contributed by atoms with Gasteiger partial charge < -0.3 is 10.3 Å². The lowest BCUT2D eigenvalue weighted by molar-refractivity contribution is 0.0947. The van der Waals surface area contributed by atoms with Crippen molar-refractivity contribution in [3.05, 3.63) is 26.6 Å². The Morgan fingerprint density at radius 2 is 2.06 bits per heavy atom. The number of nitrogens with one attached hydrogen (secondary N) is 2. The van der Waals surface area contributed by atoms with Gasteiger partial charge in [0, 0.05) is 6.04 Å². The molecule has 0 aromatic carbocycles. The van der Waals surface area contributed by atoms with Crippen LogP contribution < -0.4 is 10.9 Å². The maximum Gasteiger partial charge on any atom is 0.261 e. The largest absolute Gasteiger partial charge is 0.349 e. The van der Waals surface area contributed by atoms with Gasteiger partial charge in [0.05, 0.1) is 10.3 Å². The fourth-order valence-electron chi connectivity index (χ4n) is 1.80. The average molecular weight is 265 g/mol. The van der Waals surface area contributed by atoms with Crippen molar-refractivity contribution in [2.24, 2.45) is 0 Å². The van der Waals surface area contributed by atoms with Crippen LogP contribution in [0.5, 0.6) is 0 Å². The number of hydrogen-bond donors (Lipinski definition) is 2. The van der Waals surface area contributed by atoms with Crippen LogP contribution in [-0.4, -0.2) is 21.9 Å². The first-order chi connectivity index (χ1) is 8.40. The zero-order valence-corrected chi connectivity index (χ0v) is 11.6. The minimum Gasteiger partial charge on any atom is -0.349 e. The Bertz CT molecular complexity index is 670. The fraction of sp³-hybridized carbons (Fsp3) is 0.417. The summed E-state index contributed by atoms with van der Waals surface area (Å²) in [6.45, 7) is 7.30. The molecule has 6 heteroatoms. The summed E-state index contributed by atoms with van der Waals surface area (Å²) in [5.41, 5.74) is 0.511. The number of nitrogens with zero attached hydrogens (tertiary/aromatic N) is 1. The highest BCUT2D eigenvalue weighted by Gasteiger charge is 2.19. The van der Waals surface area contributed by atoms with Gasteiger partial charge in [-0.2, -0.15) is 0 Å². The minimum absolute atomic E-state index is 0.0649. The first kappa shape index (κ1) is 12.8. The van der Waals surface area contributed by atoms with E-state index in [9.17, 15) is 9.59 Å². The molecule has 2 N–H and O–H groups in total. The molecule has 5 nitrogen and oxygen atoms in total. The van der Waals surface area contributed by atoms with Crippen LogP contribution in [0.1, 0.15) is 34.9 Å².